The number of aromatic nitrogens is 4. The summed E-state index contributed by atoms with van der Waals surface area (Å²) in [7, 11) is 3.01. The monoisotopic (exact) mass is 459 g/mol. The standard InChI is InChI=1S/C20H15Cl2N5O4/c1-30-13-6-3-9(7-14(13)31-2)18-24-15(17(23)28)16-19(26-18)27(20(29)25-16)10-4-5-11(21)12(22)8-10/h3-8H,1-2H3,(H2,23,28)(H,25,29). The van der Waals surface area contributed by atoms with Crippen LogP contribution in [0, 0.1) is 0 Å². The Kier molecular flexibility index (Phi) is 5.30. The van der Waals surface area contributed by atoms with E-state index in [0.717, 1.165) is 0 Å². The topological polar surface area (TPSA) is 125 Å². The van der Waals surface area contributed by atoms with E-state index in [1.54, 1.807) is 30.3 Å². The van der Waals surface area contributed by atoms with Gasteiger partial charge in [0.1, 0.15) is 5.52 Å². The zero-order chi connectivity index (χ0) is 22.3. The molecule has 4 rings (SSSR count). The lowest BCUT2D eigenvalue weighted by atomic mass is 10.1. The van der Waals surface area contributed by atoms with Gasteiger partial charge in [-0.1, -0.05) is 23.2 Å². The number of nitrogens with zero attached hydrogens (tertiary/aromatic N) is 3. The second kappa shape index (κ2) is 7.93. The van der Waals surface area contributed by atoms with E-state index in [1.807, 2.05) is 0 Å². The van der Waals surface area contributed by atoms with Gasteiger partial charge in [0.2, 0.25) is 0 Å². The number of H-pyrrole nitrogens is 1. The molecule has 0 fully saturated rings. The van der Waals surface area contributed by atoms with Crippen LogP contribution < -0.4 is 20.9 Å². The number of benzene rings is 2. The third-order valence-electron chi connectivity index (χ3n) is 4.57. The average Bonchev–Trinajstić information content (AvgIpc) is 3.09. The minimum Gasteiger partial charge on any atom is -0.493 e. The average molecular weight is 460 g/mol. The quantitative estimate of drug-likeness (QED) is 0.471. The van der Waals surface area contributed by atoms with E-state index in [2.05, 4.69) is 15.0 Å². The van der Waals surface area contributed by atoms with Gasteiger partial charge in [0.15, 0.2) is 28.7 Å². The second-order valence-electron chi connectivity index (χ2n) is 6.39. The molecule has 0 aliphatic carbocycles. The van der Waals surface area contributed by atoms with Gasteiger partial charge in [-0.2, -0.15) is 0 Å². The van der Waals surface area contributed by atoms with E-state index < -0.39 is 11.6 Å². The number of methoxy groups -OCH3 is 2. The van der Waals surface area contributed by atoms with E-state index in [-0.39, 0.29) is 27.7 Å². The van der Waals surface area contributed by atoms with E-state index in [0.29, 0.717) is 27.8 Å². The molecular weight excluding hydrogens is 445 g/mol. The molecule has 1 amide bonds. The van der Waals surface area contributed by atoms with Crippen molar-refractivity contribution in [3.05, 3.63) is 62.6 Å². The molecule has 31 heavy (non-hydrogen) atoms. The highest BCUT2D eigenvalue weighted by Gasteiger charge is 2.21. The van der Waals surface area contributed by atoms with Crippen molar-refractivity contribution < 1.29 is 14.3 Å². The van der Waals surface area contributed by atoms with E-state index in [1.165, 1.54) is 24.9 Å². The minimum absolute atomic E-state index is 0.104. The fourth-order valence-corrected chi connectivity index (χ4v) is 3.42. The molecule has 3 N–H and O–H groups in total. The van der Waals surface area contributed by atoms with Crippen molar-refractivity contribution in [2.45, 2.75) is 0 Å². The summed E-state index contributed by atoms with van der Waals surface area (Å²) in [5.41, 5.74) is 6.03. The molecule has 0 spiro atoms. The highest BCUT2D eigenvalue weighted by Crippen LogP contribution is 2.32. The first-order chi connectivity index (χ1) is 14.8. The van der Waals surface area contributed by atoms with Crippen LogP contribution in [0.25, 0.3) is 28.2 Å². The van der Waals surface area contributed by atoms with Crippen LogP contribution in [0.15, 0.2) is 41.2 Å². The number of primary amides is 1. The predicted molar refractivity (Wildman–Crippen MR) is 117 cm³/mol. The molecule has 0 atom stereocenters. The Balaban J connectivity index is 2.02. The Morgan fingerprint density at radius 3 is 2.42 bits per heavy atom. The molecule has 2 aromatic heterocycles. The van der Waals surface area contributed by atoms with Crippen molar-refractivity contribution in [1.82, 2.24) is 19.5 Å². The fraction of sp³-hybridized carbons (Fsp3) is 0.100. The zero-order valence-corrected chi connectivity index (χ0v) is 17.8. The van der Waals surface area contributed by atoms with Gasteiger partial charge in [0.25, 0.3) is 5.91 Å². The smallest absolute Gasteiger partial charge is 0.332 e. The molecule has 0 bridgehead atoms. The van der Waals surface area contributed by atoms with Gasteiger partial charge in [-0.15, -0.1) is 0 Å². The molecule has 2 aromatic carbocycles. The summed E-state index contributed by atoms with van der Waals surface area (Å²) in [5.74, 6) is 0.295. The van der Waals surface area contributed by atoms with Crippen molar-refractivity contribution in [1.29, 1.82) is 0 Å². The number of aromatic amines is 1. The number of amides is 1. The number of rotatable bonds is 5. The summed E-state index contributed by atoms with van der Waals surface area (Å²) in [5, 5.41) is 0.585. The SMILES string of the molecule is COc1ccc(-c2nc(C(N)=O)c3[nH]c(=O)n(-c4ccc(Cl)c(Cl)c4)c3n2)cc1OC. The molecule has 0 radical (unpaired) electrons. The zero-order valence-electron chi connectivity index (χ0n) is 16.3. The maximum atomic E-state index is 12.7. The fourth-order valence-electron chi connectivity index (χ4n) is 3.13. The number of hydrogen-bond donors (Lipinski definition) is 2. The molecule has 9 nitrogen and oxygen atoms in total. The predicted octanol–water partition coefficient (Wildman–Crippen LogP) is 3.20. The van der Waals surface area contributed by atoms with Crippen molar-refractivity contribution in [3.8, 4) is 28.6 Å². The first-order valence-electron chi connectivity index (χ1n) is 8.84. The highest BCUT2D eigenvalue weighted by atomic mass is 35.5. The first kappa shape index (κ1) is 20.7. The van der Waals surface area contributed by atoms with Crippen LogP contribution in [0.3, 0.4) is 0 Å². The number of carbonyl (C=O) groups excluding carboxylic acids is 1. The maximum Gasteiger partial charge on any atom is 0.332 e. The Morgan fingerprint density at radius 2 is 1.77 bits per heavy atom. The summed E-state index contributed by atoms with van der Waals surface area (Å²) in [6.45, 7) is 0. The van der Waals surface area contributed by atoms with Crippen LogP contribution in [-0.4, -0.2) is 39.6 Å². The lowest BCUT2D eigenvalue weighted by molar-refractivity contribution is 0.0997. The molecule has 158 valence electrons. The number of imidazole rings is 1. The maximum absolute atomic E-state index is 12.7. The van der Waals surface area contributed by atoms with Crippen LogP contribution in [0.2, 0.25) is 10.0 Å². The van der Waals surface area contributed by atoms with Crippen molar-refractivity contribution in [2.75, 3.05) is 14.2 Å². The number of carbonyl (C=O) groups is 1. The van der Waals surface area contributed by atoms with Crippen LogP contribution >= 0.6 is 23.2 Å². The van der Waals surface area contributed by atoms with Crippen LogP contribution in [-0.2, 0) is 0 Å². The number of ether oxygens (including phenoxy) is 2. The second-order valence-corrected chi connectivity index (χ2v) is 7.21. The molecule has 0 unspecified atom stereocenters. The number of nitrogens with one attached hydrogen (secondary N) is 1. The Bertz CT molecular complexity index is 1400. The first-order valence-corrected chi connectivity index (χ1v) is 9.60. The van der Waals surface area contributed by atoms with Crippen molar-refractivity contribution in [2.24, 2.45) is 5.73 Å². The van der Waals surface area contributed by atoms with Gasteiger partial charge in [0, 0.05) is 5.56 Å². The van der Waals surface area contributed by atoms with Gasteiger partial charge >= 0.3 is 5.69 Å². The Morgan fingerprint density at radius 1 is 1.03 bits per heavy atom. The molecular formula is C20H15Cl2N5O4. The number of hydrogen-bond acceptors (Lipinski definition) is 6. The number of nitrogens with two attached hydrogens (primary N) is 1. The number of fused-ring (bicyclic) bond motifs is 1. The lowest BCUT2D eigenvalue weighted by Crippen LogP contribution is -2.15. The summed E-state index contributed by atoms with van der Waals surface area (Å²) in [6.07, 6.45) is 0. The normalized spacial score (nSPS) is 11.0. The van der Waals surface area contributed by atoms with E-state index in [9.17, 15) is 9.59 Å². The minimum atomic E-state index is -0.823. The van der Waals surface area contributed by atoms with Gasteiger partial charge < -0.3 is 20.2 Å². The largest absolute Gasteiger partial charge is 0.493 e. The highest BCUT2D eigenvalue weighted by molar-refractivity contribution is 6.42. The molecule has 0 aliphatic heterocycles. The van der Waals surface area contributed by atoms with Gasteiger partial charge in [-0.3, -0.25) is 4.79 Å². The van der Waals surface area contributed by atoms with Gasteiger partial charge in [0.05, 0.1) is 30.0 Å². The van der Waals surface area contributed by atoms with Gasteiger partial charge in [-0.05, 0) is 36.4 Å². The van der Waals surface area contributed by atoms with Crippen molar-refractivity contribution >= 4 is 40.3 Å². The summed E-state index contributed by atoms with van der Waals surface area (Å²) in [6, 6.07) is 9.69. The molecule has 11 heteroatoms. The summed E-state index contributed by atoms with van der Waals surface area (Å²) in [4.78, 5) is 36.2. The van der Waals surface area contributed by atoms with Crippen molar-refractivity contribution in [3.63, 3.8) is 0 Å². The Hall–Kier alpha value is -3.56. The number of halogens is 2. The van der Waals surface area contributed by atoms with Crippen LogP contribution in [0.4, 0.5) is 0 Å². The molecule has 0 saturated heterocycles. The third-order valence-corrected chi connectivity index (χ3v) is 5.31. The van der Waals surface area contributed by atoms with Crippen LogP contribution in [0.5, 0.6) is 11.5 Å². The molecule has 0 aliphatic rings. The molecule has 4 aromatic rings. The van der Waals surface area contributed by atoms with E-state index in [4.69, 9.17) is 38.4 Å². The third kappa shape index (κ3) is 3.58. The summed E-state index contributed by atoms with van der Waals surface area (Å²) < 4.78 is 11.8. The summed E-state index contributed by atoms with van der Waals surface area (Å²) >= 11 is 12.1. The Labute approximate surface area is 185 Å². The van der Waals surface area contributed by atoms with Crippen LogP contribution in [0.1, 0.15) is 10.5 Å². The van der Waals surface area contributed by atoms with Gasteiger partial charge in [-0.25, -0.2) is 19.3 Å². The van der Waals surface area contributed by atoms with E-state index >= 15 is 0 Å². The molecule has 0 saturated carbocycles. The lowest BCUT2D eigenvalue weighted by Gasteiger charge is -2.10. The molecule has 2 heterocycles.